The number of thiophene rings is 1. The summed E-state index contributed by atoms with van der Waals surface area (Å²) in [5.41, 5.74) is 0.109. The lowest BCUT2D eigenvalue weighted by atomic mass is 9.98. The van der Waals surface area contributed by atoms with E-state index < -0.39 is 5.54 Å². The quantitative estimate of drug-likeness (QED) is 0.595. The van der Waals surface area contributed by atoms with Crippen molar-refractivity contribution in [3.8, 4) is 0 Å². The van der Waals surface area contributed by atoms with Crippen LogP contribution in [0.1, 0.15) is 25.1 Å². The average molecular weight is 272 g/mol. The van der Waals surface area contributed by atoms with Gasteiger partial charge in [0, 0.05) is 18.3 Å². The molecular weight excluding hydrogens is 252 g/mol. The summed E-state index contributed by atoms with van der Waals surface area (Å²) < 4.78 is 0. The van der Waals surface area contributed by atoms with E-state index >= 15 is 0 Å². The Hall–Kier alpha value is -0.950. The molecule has 4 N–H and O–H groups in total. The minimum absolute atomic E-state index is 0.110. The standard InChI is InChI=1S/C12H20N2O3S/c1-3-12(7-15,8-16)13-6-11-10(4-5-18-11)14-9(2)17/h4-5,13,15-16H,3,6-8H2,1-2H3,(H,14,17). The fourth-order valence-electron chi connectivity index (χ4n) is 1.56. The molecule has 1 amide bonds. The van der Waals surface area contributed by atoms with Crippen molar-refractivity contribution in [1.82, 2.24) is 5.32 Å². The van der Waals surface area contributed by atoms with Crippen LogP contribution in [-0.4, -0.2) is 34.9 Å². The molecule has 1 aromatic heterocycles. The normalized spacial score (nSPS) is 11.6. The lowest BCUT2D eigenvalue weighted by Crippen LogP contribution is -2.50. The number of carbonyl (C=O) groups excluding carboxylic acids is 1. The second-order valence-corrected chi connectivity index (χ2v) is 5.24. The Bertz CT molecular complexity index is 380. The van der Waals surface area contributed by atoms with Gasteiger partial charge >= 0.3 is 0 Å². The zero-order valence-corrected chi connectivity index (χ0v) is 11.5. The summed E-state index contributed by atoms with van der Waals surface area (Å²) >= 11 is 1.52. The largest absolute Gasteiger partial charge is 0.394 e. The van der Waals surface area contributed by atoms with E-state index in [0.29, 0.717) is 13.0 Å². The minimum atomic E-state index is -0.669. The Morgan fingerprint density at radius 3 is 2.61 bits per heavy atom. The number of hydrogen-bond donors (Lipinski definition) is 4. The van der Waals surface area contributed by atoms with Gasteiger partial charge in [0.15, 0.2) is 0 Å². The fourth-order valence-corrected chi connectivity index (χ4v) is 2.33. The highest BCUT2D eigenvalue weighted by Crippen LogP contribution is 2.23. The molecule has 0 aliphatic heterocycles. The molecular formula is C12H20N2O3S. The third-order valence-corrected chi connectivity index (χ3v) is 3.88. The molecule has 102 valence electrons. The third kappa shape index (κ3) is 3.78. The second-order valence-electron chi connectivity index (χ2n) is 4.24. The highest BCUT2D eigenvalue weighted by Gasteiger charge is 2.26. The Balaban J connectivity index is 2.68. The maximum absolute atomic E-state index is 11.0. The van der Waals surface area contributed by atoms with Gasteiger partial charge in [-0.15, -0.1) is 11.3 Å². The molecule has 0 bridgehead atoms. The van der Waals surface area contributed by atoms with Crippen LogP contribution >= 0.6 is 11.3 Å². The predicted octanol–water partition coefficient (Wildman–Crippen LogP) is 0.930. The van der Waals surface area contributed by atoms with E-state index in [4.69, 9.17) is 0 Å². The Labute approximate surface area is 111 Å². The van der Waals surface area contributed by atoms with Crippen LogP contribution in [0.25, 0.3) is 0 Å². The van der Waals surface area contributed by atoms with Crippen molar-refractivity contribution in [2.24, 2.45) is 0 Å². The first-order valence-corrected chi connectivity index (χ1v) is 6.75. The SMILES string of the molecule is CCC(CO)(CO)NCc1sccc1NC(C)=O. The number of anilines is 1. The predicted molar refractivity (Wildman–Crippen MR) is 72.7 cm³/mol. The molecule has 0 atom stereocenters. The van der Waals surface area contributed by atoms with Crippen LogP contribution in [0.5, 0.6) is 0 Å². The zero-order chi connectivity index (χ0) is 13.6. The molecule has 6 heteroatoms. The molecule has 5 nitrogen and oxygen atoms in total. The molecule has 18 heavy (non-hydrogen) atoms. The molecule has 0 aromatic carbocycles. The number of aliphatic hydroxyl groups excluding tert-OH is 2. The van der Waals surface area contributed by atoms with Gasteiger partial charge in [0.2, 0.25) is 5.91 Å². The van der Waals surface area contributed by atoms with Crippen molar-refractivity contribution in [3.05, 3.63) is 16.3 Å². The molecule has 0 radical (unpaired) electrons. The van der Waals surface area contributed by atoms with Crippen molar-refractivity contribution in [1.29, 1.82) is 0 Å². The maximum atomic E-state index is 11.0. The fraction of sp³-hybridized carbons (Fsp3) is 0.583. The summed E-state index contributed by atoms with van der Waals surface area (Å²) in [6, 6.07) is 1.84. The number of carbonyl (C=O) groups is 1. The lowest BCUT2D eigenvalue weighted by molar-refractivity contribution is -0.114. The summed E-state index contributed by atoms with van der Waals surface area (Å²) in [6.07, 6.45) is 0.626. The van der Waals surface area contributed by atoms with Crippen molar-refractivity contribution < 1.29 is 15.0 Å². The van der Waals surface area contributed by atoms with Crippen LogP contribution < -0.4 is 10.6 Å². The van der Waals surface area contributed by atoms with Crippen LogP contribution in [0, 0.1) is 0 Å². The van der Waals surface area contributed by atoms with Gasteiger partial charge in [-0.2, -0.15) is 0 Å². The monoisotopic (exact) mass is 272 g/mol. The van der Waals surface area contributed by atoms with Crippen LogP contribution in [0.15, 0.2) is 11.4 Å². The number of aliphatic hydroxyl groups is 2. The summed E-state index contributed by atoms with van der Waals surface area (Å²) in [6.45, 7) is 3.62. The van der Waals surface area contributed by atoms with E-state index in [0.717, 1.165) is 10.6 Å². The summed E-state index contributed by atoms with van der Waals surface area (Å²) in [7, 11) is 0. The Morgan fingerprint density at radius 2 is 2.11 bits per heavy atom. The van der Waals surface area contributed by atoms with E-state index in [1.54, 1.807) is 0 Å². The molecule has 0 fully saturated rings. The van der Waals surface area contributed by atoms with Gasteiger partial charge in [-0.1, -0.05) is 6.92 Å². The summed E-state index contributed by atoms with van der Waals surface area (Å²) in [5.74, 6) is -0.110. The molecule has 1 rings (SSSR count). The average Bonchev–Trinajstić information content (AvgIpc) is 2.78. The highest BCUT2D eigenvalue weighted by atomic mass is 32.1. The molecule has 0 saturated heterocycles. The van der Waals surface area contributed by atoms with Crippen molar-refractivity contribution in [3.63, 3.8) is 0 Å². The number of hydrogen-bond acceptors (Lipinski definition) is 5. The van der Waals surface area contributed by atoms with Crippen LogP contribution in [0.2, 0.25) is 0 Å². The Morgan fingerprint density at radius 1 is 1.44 bits per heavy atom. The summed E-state index contributed by atoms with van der Waals surface area (Å²) in [4.78, 5) is 12.0. The van der Waals surface area contributed by atoms with Gasteiger partial charge in [0.1, 0.15) is 0 Å². The van der Waals surface area contributed by atoms with Crippen molar-refractivity contribution in [2.75, 3.05) is 18.5 Å². The molecule has 1 heterocycles. The van der Waals surface area contributed by atoms with Crippen LogP contribution in [0.3, 0.4) is 0 Å². The highest BCUT2D eigenvalue weighted by molar-refractivity contribution is 7.10. The first-order valence-electron chi connectivity index (χ1n) is 5.87. The van der Waals surface area contributed by atoms with Crippen LogP contribution in [0.4, 0.5) is 5.69 Å². The summed E-state index contributed by atoms with van der Waals surface area (Å²) in [5, 5.41) is 26.5. The number of amides is 1. The van der Waals surface area contributed by atoms with Crippen LogP contribution in [-0.2, 0) is 11.3 Å². The van der Waals surface area contributed by atoms with E-state index in [1.807, 2.05) is 18.4 Å². The van der Waals surface area contributed by atoms with Crippen molar-refractivity contribution in [2.45, 2.75) is 32.4 Å². The van der Waals surface area contributed by atoms with E-state index in [1.165, 1.54) is 18.3 Å². The second kappa shape index (κ2) is 6.84. The minimum Gasteiger partial charge on any atom is -0.394 e. The molecule has 0 unspecified atom stereocenters. The first kappa shape index (κ1) is 15.1. The number of nitrogens with one attached hydrogen (secondary N) is 2. The van der Waals surface area contributed by atoms with Gasteiger partial charge < -0.3 is 20.8 Å². The van der Waals surface area contributed by atoms with Gasteiger partial charge in [-0.05, 0) is 17.9 Å². The molecule has 0 saturated carbocycles. The molecule has 1 aromatic rings. The van der Waals surface area contributed by atoms with Crippen molar-refractivity contribution >= 4 is 22.9 Å². The smallest absolute Gasteiger partial charge is 0.221 e. The number of rotatable bonds is 7. The van der Waals surface area contributed by atoms with Gasteiger partial charge in [0.05, 0.1) is 24.4 Å². The molecule has 0 aliphatic carbocycles. The van der Waals surface area contributed by atoms with E-state index in [9.17, 15) is 15.0 Å². The molecule has 0 spiro atoms. The zero-order valence-electron chi connectivity index (χ0n) is 10.7. The lowest BCUT2D eigenvalue weighted by Gasteiger charge is -2.29. The molecule has 0 aliphatic rings. The topological polar surface area (TPSA) is 81.6 Å². The third-order valence-electron chi connectivity index (χ3n) is 2.96. The van der Waals surface area contributed by atoms with Gasteiger partial charge in [-0.25, -0.2) is 0 Å². The van der Waals surface area contributed by atoms with E-state index in [2.05, 4.69) is 10.6 Å². The Kier molecular flexibility index (Phi) is 5.74. The van der Waals surface area contributed by atoms with Gasteiger partial charge in [0.25, 0.3) is 0 Å². The first-order chi connectivity index (χ1) is 8.56. The maximum Gasteiger partial charge on any atom is 0.221 e. The van der Waals surface area contributed by atoms with Gasteiger partial charge in [-0.3, -0.25) is 4.79 Å². The van der Waals surface area contributed by atoms with E-state index in [-0.39, 0.29) is 19.1 Å².